The highest BCUT2D eigenvalue weighted by Crippen LogP contribution is 2.14. The predicted molar refractivity (Wildman–Crippen MR) is 74.0 cm³/mol. The molecule has 104 valence electrons. The first-order valence-corrected chi connectivity index (χ1v) is 6.59. The van der Waals surface area contributed by atoms with E-state index in [9.17, 15) is 4.79 Å². The van der Waals surface area contributed by atoms with E-state index in [0.29, 0.717) is 6.04 Å². The Hall–Kier alpha value is -1.75. The molecule has 2 amide bonds. The number of likely N-dealkylation sites (tertiary alicyclic amines) is 1. The van der Waals surface area contributed by atoms with Crippen LogP contribution in [0.15, 0.2) is 24.3 Å². The molecule has 0 unspecified atom stereocenters. The highest BCUT2D eigenvalue weighted by atomic mass is 16.5. The molecule has 1 saturated heterocycles. The van der Waals surface area contributed by atoms with Crippen LogP contribution in [0, 0.1) is 0 Å². The largest absolute Gasteiger partial charge is 0.497 e. The third-order valence-electron chi connectivity index (χ3n) is 3.54. The number of ether oxygens (including phenoxy) is 1. The predicted octanol–water partition coefficient (Wildman–Crippen LogP) is 1.33. The first kappa shape index (κ1) is 13.7. The van der Waals surface area contributed by atoms with Gasteiger partial charge in [0.2, 0.25) is 0 Å². The Morgan fingerprint density at radius 3 is 2.84 bits per heavy atom. The van der Waals surface area contributed by atoms with Crippen LogP contribution >= 0.6 is 0 Å². The monoisotopic (exact) mass is 263 g/mol. The van der Waals surface area contributed by atoms with Crippen molar-refractivity contribution in [3.63, 3.8) is 0 Å². The number of amides is 2. The summed E-state index contributed by atoms with van der Waals surface area (Å²) in [6.07, 6.45) is 1.90. The second-order valence-electron chi connectivity index (χ2n) is 4.83. The Morgan fingerprint density at radius 2 is 2.21 bits per heavy atom. The number of urea groups is 1. The van der Waals surface area contributed by atoms with E-state index in [4.69, 9.17) is 10.5 Å². The number of hydrogen-bond donors (Lipinski definition) is 2. The Labute approximate surface area is 113 Å². The lowest BCUT2D eigenvalue weighted by molar-refractivity contribution is 0.185. The molecule has 0 bridgehead atoms. The summed E-state index contributed by atoms with van der Waals surface area (Å²) in [5, 5.41) is 3.51. The molecule has 2 rings (SSSR count). The van der Waals surface area contributed by atoms with E-state index >= 15 is 0 Å². The number of carbonyl (C=O) groups is 1. The summed E-state index contributed by atoms with van der Waals surface area (Å²) >= 11 is 0. The minimum Gasteiger partial charge on any atom is -0.497 e. The third-order valence-corrected chi connectivity index (χ3v) is 3.54. The van der Waals surface area contributed by atoms with Gasteiger partial charge in [0.1, 0.15) is 5.75 Å². The van der Waals surface area contributed by atoms with Gasteiger partial charge >= 0.3 is 6.03 Å². The molecular weight excluding hydrogens is 242 g/mol. The third kappa shape index (κ3) is 3.86. The number of benzene rings is 1. The molecule has 1 aromatic carbocycles. The molecule has 0 saturated carbocycles. The van der Waals surface area contributed by atoms with E-state index < -0.39 is 0 Å². The molecule has 0 aliphatic carbocycles. The summed E-state index contributed by atoms with van der Waals surface area (Å²) in [6.45, 7) is 2.30. The van der Waals surface area contributed by atoms with E-state index in [2.05, 4.69) is 11.4 Å². The zero-order valence-electron chi connectivity index (χ0n) is 11.3. The molecule has 1 aliphatic rings. The molecule has 1 aliphatic heterocycles. The van der Waals surface area contributed by atoms with E-state index in [-0.39, 0.29) is 6.03 Å². The van der Waals surface area contributed by atoms with Gasteiger partial charge in [-0.05, 0) is 30.5 Å². The van der Waals surface area contributed by atoms with Crippen LogP contribution in [0.5, 0.6) is 5.75 Å². The van der Waals surface area contributed by atoms with Gasteiger partial charge < -0.3 is 20.7 Å². The summed E-state index contributed by atoms with van der Waals surface area (Å²) in [7, 11) is 1.67. The van der Waals surface area contributed by atoms with Crippen LogP contribution < -0.4 is 15.8 Å². The number of carbonyl (C=O) groups excluding carboxylic acids is 1. The van der Waals surface area contributed by atoms with Crippen molar-refractivity contribution in [2.75, 3.05) is 20.2 Å². The SMILES string of the molecule is COc1cccc(CNC2CCN(C(N)=O)CC2)c1. The van der Waals surface area contributed by atoms with Crippen LogP contribution in [0.3, 0.4) is 0 Å². The van der Waals surface area contributed by atoms with Gasteiger partial charge in [-0.3, -0.25) is 0 Å². The van der Waals surface area contributed by atoms with Crippen molar-refractivity contribution in [2.45, 2.75) is 25.4 Å². The zero-order chi connectivity index (χ0) is 13.7. The summed E-state index contributed by atoms with van der Waals surface area (Å²) in [4.78, 5) is 12.7. The fourth-order valence-corrected chi connectivity index (χ4v) is 2.35. The topological polar surface area (TPSA) is 67.6 Å². The first-order chi connectivity index (χ1) is 9.19. The highest BCUT2D eigenvalue weighted by molar-refractivity contribution is 5.72. The summed E-state index contributed by atoms with van der Waals surface area (Å²) in [5.74, 6) is 0.878. The molecule has 0 aromatic heterocycles. The Balaban J connectivity index is 1.78. The van der Waals surface area contributed by atoms with Crippen LogP contribution in [0.2, 0.25) is 0 Å². The molecule has 1 fully saturated rings. The summed E-state index contributed by atoms with van der Waals surface area (Å²) in [6, 6.07) is 8.17. The number of nitrogens with two attached hydrogens (primary N) is 1. The number of primary amides is 1. The molecule has 3 N–H and O–H groups in total. The Kier molecular flexibility index (Phi) is 4.63. The van der Waals surface area contributed by atoms with Crippen molar-refractivity contribution in [3.8, 4) is 5.75 Å². The smallest absolute Gasteiger partial charge is 0.314 e. The number of nitrogens with one attached hydrogen (secondary N) is 1. The van der Waals surface area contributed by atoms with Crippen LogP contribution in [0.25, 0.3) is 0 Å². The molecule has 0 atom stereocenters. The minimum absolute atomic E-state index is 0.314. The molecule has 1 heterocycles. The first-order valence-electron chi connectivity index (χ1n) is 6.59. The van der Waals surface area contributed by atoms with Crippen molar-refractivity contribution in [1.82, 2.24) is 10.2 Å². The van der Waals surface area contributed by atoms with Crippen molar-refractivity contribution in [2.24, 2.45) is 5.73 Å². The molecule has 5 heteroatoms. The Bertz CT molecular complexity index is 428. The van der Waals surface area contributed by atoms with Crippen LogP contribution in [0.1, 0.15) is 18.4 Å². The number of rotatable bonds is 4. The van der Waals surface area contributed by atoms with Gasteiger partial charge in [0.15, 0.2) is 0 Å². The fourth-order valence-electron chi connectivity index (χ4n) is 2.35. The van der Waals surface area contributed by atoms with E-state index in [0.717, 1.165) is 38.2 Å². The second kappa shape index (κ2) is 6.43. The normalized spacial score (nSPS) is 16.4. The van der Waals surface area contributed by atoms with Gasteiger partial charge in [-0.1, -0.05) is 12.1 Å². The lowest BCUT2D eigenvalue weighted by Crippen LogP contribution is -2.46. The Morgan fingerprint density at radius 1 is 1.47 bits per heavy atom. The van der Waals surface area contributed by atoms with Crippen molar-refractivity contribution in [1.29, 1.82) is 0 Å². The van der Waals surface area contributed by atoms with Crippen molar-refractivity contribution in [3.05, 3.63) is 29.8 Å². The zero-order valence-corrected chi connectivity index (χ0v) is 11.3. The molecular formula is C14H21N3O2. The highest BCUT2D eigenvalue weighted by Gasteiger charge is 2.20. The van der Waals surface area contributed by atoms with Gasteiger partial charge in [0.05, 0.1) is 7.11 Å². The van der Waals surface area contributed by atoms with E-state index in [1.165, 1.54) is 5.56 Å². The van der Waals surface area contributed by atoms with Gasteiger partial charge in [-0.25, -0.2) is 4.79 Å². The van der Waals surface area contributed by atoms with E-state index in [1.54, 1.807) is 12.0 Å². The van der Waals surface area contributed by atoms with Crippen molar-refractivity contribution < 1.29 is 9.53 Å². The average Bonchev–Trinajstić information content (AvgIpc) is 2.46. The maximum absolute atomic E-state index is 11.0. The van der Waals surface area contributed by atoms with Crippen LogP contribution in [-0.4, -0.2) is 37.2 Å². The molecule has 5 nitrogen and oxygen atoms in total. The average molecular weight is 263 g/mol. The second-order valence-corrected chi connectivity index (χ2v) is 4.83. The molecule has 1 aromatic rings. The standard InChI is InChI=1S/C14H21N3O2/c1-19-13-4-2-3-11(9-13)10-16-12-5-7-17(8-6-12)14(15)18/h2-4,9,12,16H,5-8,10H2,1H3,(H2,15,18). The van der Waals surface area contributed by atoms with Gasteiger partial charge in [0, 0.05) is 25.7 Å². The van der Waals surface area contributed by atoms with Gasteiger partial charge in [-0.2, -0.15) is 0 Å². The van der Waals surface area contributed by atoms with Gasteiger partial charge in [-0.15, -0.1) is 0 Å². The number of hydrogen-bond acceptors (Lipinski definition) is 3. The van der Waals surface area contributed by atoms with Crippen LogP contribution in [0.4, 0.5) is 4.79 Å². The lowest BCUT2D eigenvalue weighted by atomic mass is 10.0. The number of piperidine rings is 1. The molecule has 0 radical (unpaired) electrons. The van der Waals surface area contributed by atoms with Crippen molar-refractivity contribution >= 4 is 6.03 Å². The van der Waals surface area contributed by atoms with Crippen LogP contribution in [-0.2, 0) is 6.54 Å². The van der Waals surface area contributed by atoms with E-state index in [1.807, 2.05) is 18.2 Å². The maximum Gasteiger partial charge on any atom is 0.314 e. The minimum atomic E-state index is -0.314. The number of methoxy groups -OCH3 is 1. The summed E-state index contributed by atoms with van der Waals surface area (Å²) in [5.41, 5.74) is 6.47. The lowest BCUT2D eigenvalue weighted by Gasteiger charge is -2.31. The maximum atomic E-state index is 11.0. The molecule has 19 heavy (non-hydrogen) atoms. The number of nitrogens with zero attached hydrogens (tertiary/aromatic N) is 1. The molecule has 0 spiro atoms. The summed E-state index contributed by atoms with van der Waals surface area (Å²) < 4.78 is 5.20. The van der Waals surface area contributed by atoms with Gasteiger partial charge in [0.25, 0.3) is 0 Å². The fraction of sp³-hybridized carbons (Fsp3) is 0.500. The quantitative estimate of drug-likeness (QED) is 0.861.